The molecule has 5 nitrogen and oxygen atoms in total. The van der Waals surface area contributed by atoms with Crippen LogP contribution in [-0.2, 0) is 17.6 Å². The van der Waals surface area contributed by atoms with Crippen LogP contribution in [0.1, 0.15) is 55.7 Å². The Balaban J connectivity index is 1.25. The first kappa shape index (κ1) is 28.0. The average molecular weight is 540 g/mol. The van der Waals surface area contributed by atoms with Gasteiger partial charge in [-0.1, -0.05) is 44.2 Å². The molecule has 0 N–H and O–H groups in total. The summed E-state index contributed by atoms with van der Waals surface area (Å²) >= 11 is 0. The predicted molar refractivity (Wildman–Crippen MR) is 140 cm³/mol. The second-order valence-electron chi connectivity index (χ2n) is 9.72. The summed E-state index contributed by atoms with van der Waals surface area (Å²) in [6.45, 7) is 4.00. The Morgan fingerprint density at radius 1 is 0.949 bits per heavy atom. The van der Waals surface area contributed by atoms with E-state index in [1.54, 1.807) is 0 Å². The van der Waals surface area contributed by atoms with Crippen LogP contribution in [-0.4, -0.2) is 26.9 Å². The minimum atomic E-state index is -4.74. The molecule has 0 aliphatic rings. The van der Waals surface area contributed by atoms with E-state index in [9.17, 15) is 22.4 Å². The van der Waals surface area contributed by atoms with Crippen molar-refractivity contribution in [1.82, 2.24) is 14.8 Å². The van der Waals surface area contributed by atoms with Gasteiger partial charge in [-0.15, -0.1) is 18.3 Å². The number of ether oxygens (including phenoxy) is 1. The van der Waals surface area contributed by atoms with Crippen molar-refractivity contribution in [3.8, 4) is 22.8 Å². The van der Waals surface area contributed by atoms with Crippen LogP contribution in [0.15, 0.2) is 73.1 Å². The number of nitrogens with zero attached hydrogens (tertiary/aromatic N) is 3. The highest BCUT2D eigenvalue weighted by atomic mass is 19.4. The molecule has 1 heterocycles. The fourth-order valence-corrected chi connectivity index (χ4v) is 4.22. The van der Waals surface area contributed by atoms with Gasteiger partial charge in [-0.3, -0.25) is 4.79 Å². The van der Waals surface area contributed by atoms with Gasteiger partial charge in [0.05, 0.1) is 5.69 Å². The van der Waals surface area contributed by atoms with E-state index in [-0.39, 0.29) is 29.7 Å². The molecule has 0 spiro atoms. The predicted octanol–water partition coefficient (Wildman–Crippen LogP) is 7.62. The number of Topliss-reactive ketones (excluding diaryl/α,β-unsaturated/α-hetero) is 1. The van der Waals surface area contributed by atoms with Crippen LogP contribution in [0.2, 0.25) is 0 Å². The summed E-state index contributed by atoms with van der Waals surface area (Å²) in [7, 11) is 0. The molecule has 0 radical (unpaired) electrons. The molecule has 4 rings (SSSR count). The van der Waals surface area contributed by atoms with Gasteiger partial charge in [0.1, 0.15) is 23.7 Å². The van der Waals surface area contributed by atoms with Gasteiger partial charge >= 0.3 is 6.36 Å². The van der Waals surface area contributed by atoms with Crippen molar-refractivity contribution in [3.63, 3.8) is 0 Å². The van der Waals surface area contributed by atoms with Crippen molar-refractivity contribution in [1.29, 1.82) is 0 Å². The highest BCUT2D eigenvalue weighted by Crippen LogP contribution is 2.24. The van der Waals surface area contributed by atoms with Crippen LogP contribution >= 0.6 is 0 Å². The molecular formula is C30H29F4N3O2. The first-order valence-corrected chi connectivity index (χ1v) is 12.7. The van der Waals surface area contributed by atoms with Crippen molar-refractivity contribution < 1.29 is 27.1 Å². The molecule has 0 saturated heterocycles. The number of aryl methyl sites for hydroxylation is 1. The molecular weight excluding hydrogens is 510 g/mol. The average Bonchev–Trinajstić information content (AvgIpc) is 3.36. The fraction of sp³-hybridized carbons (Fsp3) is 0.300. The van der Waals surface area contributed by atoms with Gasteiger partial charge in [-0.25, -0.2) is 14.1 Å². The molecule has 0 aliphatic carbocycles. The van der Waals surface area contributed by atoms with Crippen LogP contribution in [0.4, 0.5) is 17.6 Å². The lowest BCUT2D eigenvalue weighted by Gasteiger charge is -2.09. The summed E-state index contributed by atoms with van der Waals surface area (Å²) in [4.78, 5) is 16.7. The first-order valence-electron chi connectivity index (χ1n) is 12.7. The zero-order valence-electron chi connectivity index (χ0n) is 21.7. The molecule has 0 unspecified atom stereocenters. The number of carbonyl (C=O) groups excluding carboxylic acids is 1. The summed E-state index contributed by atoms with van der Waals surface area (Å²) in [6.07, 6.45) is -0.119. The smallest absolute Gasteiger partial charge is 0.406 e. The van der Waals surface area contributed by atoms with E-state index in [0.29, 0.717) is 17.9 Å². The number of halogens is 4. The molecule has 3 aromatic carbocycles. The second-order valence-corrected chi connectivity index (χ2v) is 9.72. The van der Waals surface area contributed by atoms with Gasteiger partial charge in [-0.05, 0) is 78.3 Å². The van der Waals surface area contributed by atoms with E-state index in [4.69, 9.17) is 0 Å². The molecule has 0 fully saturated rings. The van der Waals surface area contributed by atoms with Crippen LogP contribution in [0.3, 0.4) is 0 Å². The SMILES string of the molecule is CC(C)c1cc(F)cc(CC(=O)CCCCc2ccc(-c3ncn(-c4ccc(OC(F)(F)F)cc4)n3)cc2)c1. The van der Waals surface area contributed by atoms with E-state index in [1.807, 2.05) is 44.2 Å². The van der Waals surface area contributed by atoms with Crippen molar-refractivity contribution in [2.45, 2.75) is 58.2 Å². The Bertz CT molecular complexity index is 1400. The van der Waals surface area contributed by atoms with E-state index >= 15 is 0 Å². The number of hydrogen-bond acceptors (Lipinski definition) is 4. The number of unbranched alkanes of at least 4 members (excludes halogenated alkanes) is 1. The number of ketones is 1. The fourth-order valence-electron chi connectivity index (χ4n) is 4.22. The summed E-state index contributed by atoms with van der Waals surface area (Å²) < 4.78 is 56.3. The Labute approximate surface area is 224 Å². The lowest BCUT2D eigenvalue weighted by atomic mass is 9.97. The van der Waals surface area contributed by atoms with Crippen LogP contribution < -0.4 is 4.74 Å². The third-order valence-electron chi connectivity index (χ3n) is 6.26. The largest absolute Gasteiger partial charge is 0.573 e. The molecule has 0 bridgehead atoms. The highest BCUT2D eigenvalue weighted by molar-refractivity contribution is 5.80. The number of benzene rings is 3. The first-order chi connectivity index (χ1) is 18.6. The summed E-state index contributed by atoms with van der Waals surface area (Å²) in [5, 5.41) is 4.42. The standard InChI is InChI=1S/C30H29F4N3O2/c1-20(2)24-15-22(16-25(31)18-24)17-27(38)6-4-3-5-21-7-9-23(10-8-21)29-35-19-37(36-29)26-11-13-28(14-12-26)39-30(32,33)34/h7-16,18-20H,3-6,17H2,1-2H3. The number of carbonyl (C=O) groups is 1. The van der Waals surface area contributed by atoms with Gasteiger partial charge in [-0.2, -0.15) is 0 Å². The molecule has 204 valence electrons. The lowest BCUT2D eigenvalue weighted by Crippen LogP contribution is -2.17. The normalized spacial score (nSPS) is 11.7. The minimum absolute atomic E-state index is 0.106. The van der Waals surface area contributed by atoms with Crippen molar-refractivity contribution in [2.24, 2.45) is 0 Å². The van der Waals surface area contributed by atoms with Gasteiger partial charge in [0.2, 0.25) is 0 Å². The van der Waals surface area contributed by atoms with Gasteiger partial charge < -0.3 is 4.74 Å². The van der Waals surface area contributed by atoms with E-state index in [2.05, 4.69) is 14.8 Å². The number of alkyl halides is 3. The molecule has 1 aromatic heterocycles. The Morgan fingerprint density at radius 3 is 2.33 bits per heavy atom. The summed E-state index contributed by atoms with van der Waals surface area (Å²) in [6, 6.07) is 18.0. The highest BCUT2D eigenvalue weighted by Gasteiger charge is 2.31. The molecule has 9 heteroatoms. The van der Waals surface area contributed by atoms with Gasteiger partial charge in [0, 0.05) is 18.4 Å². The molecule has 4 aromatic rings. The topological polar surface area (TPSA) is 57.0 Å². The van der Waals surface area contributed by atoms with Gasteiger partial charge in [0.15, 0.2) is 5.82 Å². The number of rotatable bonds is 11. The second kappa shape index (κ2) is 12.2. The Morgan fingerprint density at radius 2 is 1.67 bits per heavy atom. The molecule has 0 atom stereocenters. The summed E-state index contributed by atoms with van der Waals surface area (Å²) in [5.74, 6) is 0.187. The molecule has 39 heavy (non-hydrogen) atoms. The Hall–Kier alpha value is -4.01. The third kappa shape index (κ3) is 8.24. The maximum atomic E-state index is 13.9. The zero-order chi connectivity index (χ0) is 28.0. The number of aromatic nitrogens is 3. The molecule has 0 amide bonds. The van der Waals surface area contributed by atoms with E-state index < -0.39 is 6.36 Å². The minimum Gasteiger partial charge on any atom is -0.406 e. The van der Waals surface area contributed by atoms with Crippen LogP contribution in [0, 0.1) is 5.82 Å². The zero-order valence-corrected chi connectivity index (χ0v) is 21.7. The van der Waals surface area contributed by atoms with Crippen molar-refractivity contribution in [3.05, 3.63) is 95.6 Å². The quantitative estimate of drug-likeness (QED) is 0.145. The maximum absolute atomic E-state index is 13.9. The van der Waals surface area contributed by atoms with Crippen molar-refractivity contribution >= 4 is 5.78 Å². The van der Waals surface area contributed by atoms with Crippen LogP contribution in [0.25, 0.3) is 17.1 Å². The third-order valence-corrected chi connectivity index (χ3v) is 6.26. The maximum Gasteiger partial charge on any atom is 0.573 e. The molecule has 0 saturated carbocycles. The lowest BCUT2D eigenvalue weighted by molar-refractivity contribution is -0.274. The molecule has 0 aliphatic heterocycles. The van der Waals surface area contributed by atoms with Crippen molar-refractivity contribution in [2.75, 3.05) is 0 Å². The monoisotopic (exact) mass is 539 g/mol. The van der Waals surface area contributed by atoms with Gasteiger partial charge in [0.25, 0.3) is 0 Å². The van der Waals surface area contributed by atoms with Crippen LogP contribution in [0.5, 0.6) is 5.75 Å². The summed E-state index contributed by atoms with van der Waals surface area (Å²) in [5.41, 5.74) is 4.10. The number of hydrogen-bond donors (Lipinski definition) is 0. The van der Waals surface area contributed by atoms with E-state index in [1.165, 1.54) is 47.4 Å². The van der Waals surface area contributed by atoms with E-state index in [0.717, 1.165) is 41.5 Å². The Kier molecular flexibility index (Phi) is 8.79.